The number of benzene rings is 1. The van der Waals surface area contributed by atoms with Gasteiger partial charge in [0, 0.05) is 5.39 Å². The van der Waals surface area contributed by atoms with Crippen LogP contribution in [-0.4, -0.2) is 52.4 Å². The number of aromatic nitrogens is 2. The Morgan fingerprint density at radius 3 is 2.69 bits per heavy atom. The molecule has 3 heterocycles. The smallest absolute Gasteiger partial charge is 0.416 e. The van der Waals surface area contributed by atoms with E-state index < -0.39 is 24.6 Å². The molecule has 0 N–H and O–H groups in total. The monoisotopic (exact) mass is 413 g/mol. The highest BCUT2D eigenvalue weighted by Gasteiger charge is 2.29. The van der Waals surface area contributed by atoms with Crippen LogP contribution in [0.5, 0.6) is 0 Å². The molecule has 1 aliphatic heterocycles. The van der Waals surface area contributed by atoms with E-state index in [1.165, 1.54) is 16.9 Å². The number of cyclic esters (lactones) is 1. The predicted molar refractivity (Wildman–Crippen MR) is 106 cm³/mol. The predicted octanol–water partition coefficient (Wildman–Crippen LogP) is 2.90. The molecule has 29 heavy (non-hydrogen) atoms. The first-order valence-corrected chi connectivity index (χ1v) is 9.91. The minimum absolute atomic E-state index is 0.158. The van der Waals surface area contributed by atoms with Crippen LogP contribution >= 0.6 is 11.3 Å². The summed E-state index contributed by atoms with van der Waals surface area (Å²) in [6.07, 6.45) is -0.709. The van der Waals surface area contributed by atoms with E-state index in [4.69, 9.17) is 9.47 Å². The molecule has 9 heteroatoms. The van der Waals surface area contributed by atoms with Crippen LogP contribution in [0.2, 0.25) is 0 Å². The lowest BCUT2D eigenvalue weighted by atomic mass is 10.1. The normalized spacial score (nSPS) is 13.7. The number of thiophene rings is 1. The Kier molecular flexibility index (Phi) is 5.06. The topological polar surface area (TPSA) is 90.7 Å². The molecule has 0 unspecified atom stereocenters. The van der Waals surface area contributed by atoms with E-state index in [9.17, 15) is 14.4 Å². The number of nitrogens with zero attached hydrogens (tertiary/aromatic N) is 3. The number of ether oxygens (including phenoxy) is 2. The molecule has 1 saturated heterocycles. The summed E-state index contributed by atoms with van der Waals surface area (Å²) >= 11 is 1.27. The van der Waals surface area contributed by atoms with Gasteiger partial charge in [-0.15, -0.1) is 11.3 Å². The molecule has 0 atom stereocenters. The van der Waals surface area contributed by atoms with Gasteiger partial charge in [0.15, 0.2) is 6.61 Å². The van der Waals surface area contributed by atoms with Gasteiger partial charge in [0.05, 0.1) is 18.8 Å². The lowest BCUT2D eigenvalue weighted by Gasteiger charge is -2.10. The van der Waals surface area contributed by atoms with Crippen LogP contribution < -0.4 is 0 Å². The number of amides is 2. The van der Waals surface area contributed by atoms with Gasteiger partial charge in [-0.2, -0.15) is 5.10 Å². The van der Waals surface area contributed by atoms with Crippen LogP contribution in [-0.2, 0) is 20.8 Å². The van der Waals surface area contributed by atoms with Crippen LogP contribution in [0.15, 0.2) is 30.3 Å². The average Bonchev–Trinajstić information content (AvgIpc) is 3.39. The number of hydrogen-bond donors (Lipinski definition) is 0. The molecule has 1 aromatic carbocycles. The molecule has 0 bridgehead atoms. The molecule has 0 radical (unpaired) electrons. The zero-order chi connectivity index (χ0) is 20.5. The highest BCUT2D eigenvalue weighted by molar-refractivity contribution is 7.20. The van der Waals surface area contributed by atoms with Crippen molar-refractivity contribution < 1.29 is 23.9 Å². The second kappa shape index (κ2) is 7.67. The number of fused-ring (bicyclic) bond motifs is 1. The number of aryl methyl sites for hydroxylation is 2. The molecule has 3 aromatic rings. The highest BCUT2D eigenvalue weighted by atomic mass is 32.1. The quantitative estimate of drug-likeness (QED) is 0.598. The molecular formula is C20H19N3O5S. The lowest BCUT2D eigenvalue weighted by molar-refractivity contribution is -0.131. The average molecular weight is 413 g/mol. The second-order valence-electron chi connectivity index (χ2n) is 6.79. The van der Waals surface area contributed by atoms with E-state index in [0.29, 0.717) is 11.4 Å². The first kappa shape index (κ1) is 19.1. The SMILES string of the molecule is Cc1ccc(Cn2nc(C)c3cc(C(=O)OCC(=O)N4CCOC4=O)sc32)cc1. The van der Waals surface area contributed by atoms with Crippen LogP contribution in [0, 0.1) is 13.8 Å². The Hall–Kier alpha value is -3.20. The third kappa shape index (κ3) is 3.86. The fourth-order valence-corrected chi connectivity index (χ4v) is 4.14. The second-order valence-corrected chi connectivity index (χ2v) is 7.82. The summed E-state index contributed by atoms with van der Waals surface area (Å²) in [5.74, 6) is -1.20. The van der Waals surface area contributed by atoms with Gasteiger partial charge < -0.3 is 9.47 Å². The Bertz CT molecular complexity index is 1100. The van der Waals surface area contributed by atoms with Gasteiger partial charge >= 0.3 is 12.1 Å². The summed E-state index contributed by atoms with van der Waals surface area (Å²) in [4.78, 5) is 38.0. The Labute approximate surface area is 170 Å². The lowest BCUT2D eigenvalue weighted by Crippen LogP contribution is -2.35. The Morgan fingerprint density at radius 2 is 2.00 bits per heavy atom. The van der Waals surface area contributed by atoms with Crippen molar-refractivity contribution in [3.8, 4) is 0 Å². The third-order valence-corrected chi connectivity index (χ3v) is 5.78. The van der Waals surface area contributed by atoms with Crippen LogP contribution in [0.25, 0.3) is 10.2 Å². The maximum absolute atomic E-state index is 12.4. The van der Waals surface area contributed by atoms with E-state index in [-0.39, 0.29) is 13.2 Å². The van der Waals surface area contributed by atoms with Crippen LogP contribution in [0.3, 0.4) is 0 Å². The molecule has 1 fully saturated rings. The fraction of sp³-hybridized carbons (Fsp3) is 0.300. The van der Waals surface area contributed by atoms with E-state index in [1.807, 2.05) is 30.7 Å². The summed E-state index contributed by atoms with van der Waals surface area (Å²) in [5.41, 5.74) is 3.12. The van der Waals surface area contributed by atoms with E-state index in [2.05, 4.69) is 17.2 Å². The van der Waals surface area contributed by atoms with Gasteiger partial charge in [0.25, 0.3) is 5.91 Å². The summed E-state index contributed by atoms with van der Waals surface area (Å²) < 4.78 is 11.7. The van der Waals surface area contributed by atoms with E-state index >= 15 is 0 Å². The number of rotatable bonds is 5. The highest BCUT2D eigenvalue weighted by Crippen LogP contribution is 2.29. The maximum atomic E-state index is 12.4. The minimum atomic E-state index is -0.709. The van der Waals surface area contributed by atoms with E-state index in [0.717, 1.165) is 26.4 Å². The number of hydrogen-bond acceptors (Lipinski definition) is 7. The Morgan fingerprint density at radius 1 is 1.24 bits per heavy atom. The molecule has 0 saturated carbocycles. The van der Waals surface area contributed by atoms with Crippen molar-refractivity contribution in [2.45, 2.75) is 20.4 Å². The molecule has 1 aliphatic rings. The largest absolute Gasteiger partial charge is 0.451 e. The van der Waals surface area contributed by atoms with Crippen molar-refractivity contribution in [1.82, 2.24) is 14.7 Å². The van der Waals surface area contributed by atoms with Crippen molar-refractivity contribution in [3.63, 3.8) is 0 Å². The third-order valence-electron chi connectivity index (χ3n) is 4.65. The van der Waals surface area contributed by atoms with Crippen molar-refractivity contribution in [2.24, 2.45) is 0 Å². The summed E-state index contributed by atoms with van der Waals surface area (Å²) in [6, 6.07) is 9.93. The van der Waals surface area contributed by atoms with Gasteiger partial charge in [-0.05, 0) is 25.5 Å². The molecule has 0 spiro atoms. The zero-order valence-corrected chi connectivity index (χ0v) is 16.8. The standard InChI is InChI=1S/C20H19N3O5S/c1-12-3-5-14(6-4-12)10-23-18-15(13(2)21-23)9-16(29-18)19(25)28-11-17(24)22-7-8-27-20(22)26/h3-6,9H,7-8,10-11H2,1-2H3. The summed E-state index contributed by atoms with van der Waals surface area (Å²) in [7, 11) is 0. The van der Waals surface area contributed by atoms with Crippen molar-refractivity contribution in [3.05, 3.63) is 52.0 Å². The first-order chi connectivity index (χ1) is 13.9. The fourth-order valence-electron chi connectivity index (χ4n) is 3.08. The summed E-state index contributed by atoms with van der Waals surface area (Å²) in [6.45, 7) is 4.34. The molecule has 2 amide bonds. The zero-order valence-electron chi connectivity index (χ0n) is 16.0. The van der Waals surface area contributed by atoms with Crippen LogP contribution in [0.1, 0.15) is 26.5 Å². The van der Waals surface area contributed by atoms with E-state index in [1.54, 1.807) is 6.07 Å². The van der Waals surface area contributed by atoms with Gasteiger partial charge in [0.1, 0.15) is 16.3 Å². The van der Waals surface area contributed by atoms with Crippen molar-refractivity contribution in [2.75, 3.05) is 19.8 Å². The van der Waals surface area contributed by atoms with Gasteiger partial charge in [-0.3, -0.25) is 9.48 Å². The van der Waals surface area contributed by atoms with Crippen molar-refractivity contribution in [1.29, 1.82) is 0 Å². The minimum Gasteiger partial charge on any atom is -0.451 e. The number of esters is 1. The number of carbonyl (C=O) groups is 3. The number of imide groups is 1. The Balaban J connectivity index is 1.48. The maximum Gasteiger partial charge on any atom is 0.416 e. The molecule has 8 nitrogen and oxygen atoms in total. The van der Waals surface area contributed by atoms with Gasteiger partial charge in [-0.25, -0.2) is 14.5 Å². The molecular weight excluding hydrogens is 394 g/mol. The first-order valence-electron chi connectivity index (χ1n) is 9.09. The van der Waals surface area contributed by atoms with Gasteiger partial charge in [-0.1, -0.05) is 29.8 Å². The molecule has 4 rings (SSSR count). The molecule has 2 aromatic heterocycles. The molecule has 150 valence electrons. The van der Waals surface area contributed by atoms with Crippen LogP contribution in [0.4, 0.5) is 4.79 Å². The number of carbonyl (C=O) groups excluding carboxylic acids is 3. The summed E-state index contributed by atoms with van der Waals surface area (Å²) in [5, 5.41) is 5.44. The molecule has 0 aliphatic carbocycles. The van der Waals surface area contributed by atoms with Crippen molar-refractivity contribution >= 4 is 39.5 Å². The van der Waals surface area contributed by atoms with Gasteiger partial charge in [0.2, 0.25) is 0 Å².